The number of nitrogens with one attached hydrogen (secondary N) is 1. The SMILES string of the molecule is CCCCCCCNC(=O)CCSSc1ccccn1. The zero-order valence-electron chi connectivity index (χ0n) is 12.1. The van der Waals surface area contributed by atoms with Crippen molar-refractivity contribution in [3.05, 3.63) is 24.4 Å². The maximum atomic E-state index is 11.6. The molecule has 1 rings (SSSR count). The van der Waals surface area contributed by atoms with E-state index in [1.54, 1.807) is 27.8 Å². The van der Waals surface area contributed by atoms with Gasteiger partial charge in [0.1, 0.15) is 5.03 Å². The molecule has 0 aliphatic rings. The minimum atomic E-state index is 0.162. The van der Waals surface area contributed by atoms with Gasteiger partial charge in [-0.3, -0.25) is 4.79 Å². The van der Waals surface area contributed by atoms with Crippen molar-refractivity contribution in [3.63, 3.8) is 0 Å². The Bertz CT molecular complexity index is 360. The van der Waals surface area contributed by atoms with Gasteiger partial charge in [0.2, 0.25) is 5.91 Å². The molecular weight excluding hydrogens is 288 g/mol. The zero-order chi connectivity index (χ0) is 14.5. The fourth-order valence-electron chi connectivity index (χ4n) is 1.68. The second-order valence-electron chi connectivity index (χ2n) is 4.59. The Morgan fingerprint density at radius 3 is 2.85 bits per heavy atom. The van der Waals surface area contributed by atoms with E-state index < -0.39 is 0 Å². The van der Waals surface area contributed by atoms with E-state index in [4.69, 9.17) is 0 Å². The summed E-state index contributed by atoms with van der Waals surface area (Å²) in [6.45, 7) is 3.03. The van der Waals surface area contributed by atoms with Crippen molar-refractivity contribution in [2.75, 3.05) is 12.3 Å². The van der Waals surface area contributed by atoms with Crippen molar-refractivity contribution in [1.82, 2.24) is 10.3 Å². The fraction of sp³-hybridized carbons (Fsp3) is 0.600. The Kier molecular flexibility index (Phi) is 10.5. The highest BCUT2D eigenvalue weighted by Gasteiger charge is 2.01. The summed E-state index contributed by atoms with van der Waals surface area (Å²) in [6.07, 6.45) is 8.53. The van der Waals surface area contributed by atoms with Crippen LogP contribution in [0.1, 0.15) is 45.4 Å². The molecule has 1 N–H and O–H groups in total. The maximum absolute atomic E-state index is 11.6. The van der Waals surface area contributed by atoms with Gasteiger partial charge >= 0.3 is 0 Å². The lowest BCUT2D eigenvalue weighted by molar-refractivity contribution is -0.120. The van der Waals surface area contributed by atoms with Crippen LogP contribution in [-0.4, -0.2) is 23.2 Å². The Balaban J connectivity index is 1.92. The Hall–Kier alpha value is -0.680. The van der Waals surface area contributed by atoms with Gasteiger partial charge in [-0.1, -0.05) is 49.5 Å². The number of carbonyl (C=O) groups excluding carboxylic acids is 1. The average molecular weight is 313 g/mol. The molecular formula is C15H24N2OS2. The highest BCUT2D eigenvalue weighted by Crippen LogP contribution is 2.29. The fourth-order valence-corrected chi connectivity index (χ4v) is 3.55. The first-order valence-electron chi connectivity index (χ1n) is 7.30. The second-order valence-corrected chi connectivity index (χ2v) is 7.02. The third-order valence-electron chi connectivity index (χ3n) is 2.80. The summed E-state index contributed by atoms with van der Waals surface area (Å²) in [4.78, 5) is 15.8. The summed E-state index contributed by atoms with van der Waals surface area (Å²) in [5, 5.41) is 3.98. The maximum Gasteiger partial charge on any atom is 0.220 e. The van der Waals surface area contributed by atoms with Gasteiger partial charge in [-0.15, -0.1) is 0 Å². The molecule has 0 saturated heterocycles. The van der Waals surface area contributed by atoms with E-state index in [1.165, 1.54) is 25.7 Å². The highest BCUT2D eigenvalue weighted by molar-refractivity contribution is 8.76. The minimum Gasteiger partial charge on any atom is -0.356 e. The van der Waals surface area contributed by atoms with Crippen molar-refractivity contribution >= 4 is 27.5 Å². The summed E-state index contributed by atoms with van der Waals surface area (Å²) in [6, 6.07) is 5.86. The van der Waals surface area contributed by atoms with E-state index in [9.17, 15) is 4.79 Å². The number of rotatable bonds is 11. The molecule has 0 atom stereocenters. The topological polar surface area (TPSA) is 42.0 Å². The van der Waals surface area contributed by atoms with Gasteiger partial charge in [-0.05, 0) is 29.3 Å². The van der Waals surface area contributed by atoms with Crippen molar-refractivity contribution in [1.29, 1.82) is 0 Å². The number of nitrogens with zero attached hydrogens (tertiary/aromatic N) is 1. The van der Waals surface area contributed by atoms with Crippen LogP contribution in [0.4, 0.5) is 0 Å². The van der Waals surface area contributed by atoms with Gasteiger partial charge in [0.15, 0.2) is 0 Å². The second kappa shape index (κ2) is 12.1. The van der Waals surface area contributed by atoms with Crippen molar-refractivity contribution < 1.29 is 4.79 Å². The largest absolute Gasteiger partial charge is 0.356 e. The molecule has 3 nitrogen and oxygen atoms in total. The molecule has 112 valence electrons. The van der Waals surface area contributed by atoms with Gasteiger partial charge in [0, 0.05) is 24.9 Å². The average Bonchev–Trinajstić information content (AvgIpc) is 2.48. The van der Waals surface area contributed by atoms with E-state index in [2.05, 4.69) is 17.2 Å². The molecule has 1 aromatic rings. The first kappa shape index (κ1) is 17.4. The third-order valence-corrected chi connectivity index (χ3v) is 5.06. The van der Waals surface area contributed by atoms with Crippen LogP contribution >= 0.6 is 21.6 Å². The number of hydrogen-bond acceptors (Lipinski definition) is 4. The quantitative estimate of drug-likeness (QED) is 0.488. The lowest BCUT2D eigenvalue weighted by atomic mass is 10.1. The molecule has 0 aromatic carbocycles. The molecule has 0 fully saturated rings. The van der Waals surface area contributed by atoms with Crippen molar-refractivity contribution in [2.24, 2.45) is 0 Å². The molecule has 0 unspecified atom stereocenters. The number of hydrogen-bond donors (Lipinski definition) is 1. The van der Waals surface area contributed by atoms with E-state index in [0.29, 0.717) is 6.42 Å². The number of pyridine rings is 1. The van der Waals surface area contributed by atoms with Crippen LogP contribution in [0.5, 0.6) is 0 Å². The predicted molar refractivity (Wildman–Crippen MR) is 88.9 cm³/mol. The van der Waals surface area contributed by atoms with Crippen LogP contribution in [0.15, 0.2) is 29.4 Å². The summed E-state index contributed by atoms with van der Waals surface area (Å²) in [5.74, 6) is 0.984. The molecule has 0 spiro atoms. The zero-order valence-corrected chi connectivity index (χ0v) is 13.8. The van der Waals surface area contributed by atoms with Gasteiger partial charge < -0.3 is 5.32 Å². The van der Waals surface area contributed by atoms with E-state index in [1.807, 2.05) is 18.2 Å². The van der Waals surface area contributed by atoms with Crippen molar-refractivity contribution in [2.45, 2.75) is 50.5 Å². The first-order chi connectivity index (χ1) is 9.83. The molecule has 0 radical (unpaired) electrons. The van der Waals surface area contributed by atoms with Crippen LogP contribution in [0.3, 0.4) is 0 Å². The lowest BCUT2D eigenvalue weighted by Crippen LogP contribution is -2.24. The lowest BCUT2D eigenvalue weighted by Gasteiger charge is -2.04. The molecule has 0 saturated carbocycles. The molecule has 20 heavy (non-hydrogen) atoms. The van der Waals surface area contributed by atoms with E-state index >= 15 is 0 Å². The molecule has 0 aliphatic heterocycles. The normalized spacial score (nSPS) is 10.4. The third kappa shape index (κ3) is 9.26. The van der Waals surface area contributed by atoms with Crippen LogP contribution < -0.4 is 5.32 Å². The number of unbranched alkanes of at least 4 members (excludes halogenated alkanes) is 4. The summed E-state index contributed by atoms with van der Waals surface area (Å²) < 4.78 is 0. The molecule has 5 heteroatoms. The van der Waals surface area contributed by atoms with Crippen LogP contribution in [0.25, 0.3) is 0 Å². The van der Waals surface area contributed by atoms with Gasteiger partial charge in [-0.2, -0.15) is 0 Å². The van der Waals surface area contributed by atoms with Crippen LogP contribution in [0.2, 0.25) is 0 Å². The monoisotopic (exact) mass is 312 g/mol. The standard InChI is InChI=1S/C15H24N2OS2/c1-2-3-4-5-7-11-16-14(18)10-13-19-20-15-9-6-8-12-17-15/h6,8-9,12H,2-5,7,10-11,13H2,1H3,(H,16,18). The molecule has 1 aromatic heterocycles. The summed E-state index contributed by atoms with van der Waals surface area (Å²) in [5.41, 5.74) is 0. The van der Waals surface area contributed by atoms with Gasteiger partial charge in [0.25, 0.3) is 0 Å². The Labute approximate surface area is 130 Å². The smallest absolute Gasteiger partial charge is 0.220 e. The minimum absolute atomic E-state index is 0.162. The Morgan fingerprint density at radius 2 is 2.10 bits per heavy atom. The van der Waals surface area contributed by atoms with Gasteiger partial charge in [0.05, 0.1) is 0 Å². The van der Waals surface area contributed by atoms with E-state index in [0.717, 1.165) is 23.7 Å². The van der Waals surface area contributed by atoms with E-state index in [-0.39, 0.29) is 5.91 Å². The summed E-state index contributed by atoms with van der Waals surface area (Å²) >= 11 is 0. The highest BCUT2D eigenvalue weighted by atomic mass is 33.1. The molecule has 1 amide bonds. The van der Waals surface area contributed by atoms with Crippen LogP contribution in [0, 0.1) is 0 Å². The number of amides is 1. The van der Waals surface area contributed by atoms with Crippen LogP contribution in [-0.2, 0) is 4.79 Å². The molecule has 1 heterocycles. The predicted octanol–water partition coefficient (Wildman–Crippen LogP) is 4.30. The number of carbonyl (C=O) groups is 1. The summed E-state index contributed by atoms with van der Waals surface area (Å²) in [7, 11) is 3.30. The number of aromatic nitrogens is 1. The Morgan fingerprint density at radius 1 is 1.25 bits per heavy atom. The first-order valence-corrected chi connectivity index (χ1v) is 9.62. The van der Waals surface area contributed by atoms with Crippen molar-refractivity contribution in [3.8, 4) is 0 Å². The molecule has 0 aliphatic carbocycles. The molecule has 0 bridgehead atoms. The van der Waals surface area contributed by atoms with Gasteiger partial charge in [-0.25, -0.2) is 4.98 Å².